The SMILES string of the molecule is CN=C(NCc1ccc(N(C(=O)OC(C)(C)C)C2CC2)c(C)c1)NCC(C)(C)OC. The lowest BCUT2D eigenvalue weighted by molar-refractivity contribution is 0.0268. The number of hydrogen-bond donors (Lipinski definition) is 2. The number of benzene rings is 1. The van der Waals surface area contributed by atoms with E-state index in [0.717, 1.165) is 35.6 Å². The van der Waals surface area contributed by atoms with Crippen LogP contribution in [0.3, 0.4) is 0 Å². The van der Waals surface area contributed by atoms with Crippen molar-refractivity contribution in [3.8, 4) is 0 Å². The summed E-state index contributed by atoms with van der Waals surface area (Å²) in [6, 6.07) is 6.39. The molecule has 0 bridgehead atoms. The summed E-state index contributed by atoms with van der Waals surface area (Å²) in [7, 11) is 3.45. The van der Waals surface area contributed by atoms with Crippen LogP contribution < -0.4 is 15.5 Å². The summed E-state index contributed by atoms with van der Waals surface area (Å²) >= 11 is 0. The Morgan fingerprint density at radius 1 is 1.20 bits per heavy atom. The maximum Gasteiger partial charge on any atom is 0.415 e. The Labute approximate surface area is 181 Å². The van der Waals surface area contributed by atoms with Gasteiger partial charge in [0, 0.05) is 33.3 Å². The Bertz CT molecular complexity index is 764. The van der Waals surface area contributed by atoms with Crippen molar-refractivity contribution in [3.05, 3.63) is 29.3 Å². The van der Waals surface area contributed by atoms with Crippen LogP contribution >= 0.6 is 0 Å². The number of hydrogen-bond acceptors (Lipinski definition) is 4. The average molecular weight is 419 g/mol. The van der Waals surface area contributed by atoms with Gasteiger partial charge in [0.2, 0.25) is 0 Å². The van der Waals surface area contributed by atoms with E-state index in [9.17, 15) is 4.79 Å². The first-order chi connectivity index (χ1) is 14.0. The van der Waals surface area contributed by atoms with Gasteiger partial charge >= 0.3 is 6.09 Å². The number of nitrogens with one attached hydrogen (secondary N) is 2. The van der Waals surface area contributed by atoms with E-state index in [4.69, 9.17) is 9.47 Å². The quantitative estimate of drug-likeness (QED) is 0.517. The molecule has 0 radical (unpaired) electrons. The van der Waals surface area contributed by atoms with Crippen molar-refractivity contribution in [1.29, 1.82) is 0 Å². The Morgan fingerprint density at radius 3 is 2.37 bits per heavy atom. The van der Waals surface area contributed by atoms with Crippen molar-refractivity contribution in [2.45, 2.75) is 78.2 Å². The van der Waals surface area contributed by atoms with Crippen LogP contribution in [0.15, 0.2) is 23.2 Å². The minimum absolute atomic E-state index is 0.231. The van der Waals surface area contributed by atoms with Crippen LogP contribution in [0.2, 0.25) is 0 Å². The molecular formula is C23H38N4O3. The molecule has 7 heteroatoms. The first-order valence-electron chi connectivity index (χ1n) is 10.6. The highest BCUT2D eigenvalue weighted by Gasteiger charge is 2.37. The number of methoxy groups -OCH3 is 1. The highest BCUT2D eigenvalue weighted by Crippen LogP contribution is 2.35. The van der Waals surface area contributed by atoms with Gasteiger partial charge in [-0.3, -0.25) is 9.89 Å². The van der Waals surface area contributed by atoms with E-state index in [-0.39, 0.29) is 17.7 Å². The van der Waals surface area contributed by atoms with Gasteiger partial charge in [0.15, 0.2) is 5.96 Å². The molecule has 1 aliphatic rings. The normalized spacial score (nSPS) is 15.0. The lowest BCUT2D eigenvalue weighted by atomic mass is 10.1. The molecule has 1 amide bonds. The topological polar surface area (TPSA) is 75.2 Å². The molecule has 0 unspecified atom stereocenters. The average Bonchev–Trinajstić information content (AvgIpc) is 3.47. The lowest BCUT2D eigenvalue weighted by Gasteiger charge is -2.28. The van der Waals surface area contributed by atoms with Gasteiger partial charge in [0.1, 0.15) is 5.60 Å². The summed E-state index contributed by atoms with van der Waals surface area (Å²) in [4.78, 5) is 18.8. The molecule has 168 valence electrons. The molecule has 2 rings (SSSR count). The van der Waals surface area contributed by atoms with Crippen LogP contribution in [0.5, 0.6) is 0 Å². The first-order valence-corrected chi connectivity index (χ1v) is 10.6. The first kappa shape index (κ1) is 24.0. The van der Waals surface area contributed by atoms with Gasteiger partial charge in [-0.15, -0.1) is 0 Å². The third-order valence-electron chi connectivity index (χ3n) is 4.94. The van der Waals surface area contributed by atoms with E-state index in [2.05, 4.69) is 21.7 Å². The maximum absolute atomic E-state index is 12.8. The van der Waals surface area contributed by atoms with E-state index >= 15 is 0 Å². The lowest BCUT2D eigenvalue weighted by Crippen LogP contribution is -2.45. The summed E-state index contributed by atoms with van der Waals surface area (Å²) in [5.74, 6) is 0.718. The zero-order chi connectivity index (χ0) is 22.5. The second kappa shape index (κ2) is 9.69. The fourth-order valence-corrected chi connectivity index (χ4v) is 2.96. The Morgan fingerprint density at radius 2 is 1.87 bits per heavy atom. The molecule has 0 aromatic heterocycles. The van der Waals surface area contributed by atoms with Crippen LogP contribution in [-0.4, -0.2) is 50.0 Å². The van der Waals surface area contributed by atoms with Gasteiger partial charge in [0.05, 0.1) is 11.3 Å². The number of aliphatic imine (C=N–C) groups is 1. The third kappa shape index (κ3) is 7.20. The van der Waals surface area contributed by atoms with Gasteiger partial charge in [-0.25, -0.2) is 4.79 Å². The van der Waals surface area contributed by atoms with Gasteiger partial charge in [-0.1, -0.05) is 12.1 Å². The second-order valence-electron chi connectivity index (χ2n) is 9.45. The minimum atomic E-state index is -0.512. The number of ether oxygens (including phenoxy) is 2. The van der Waals surface area contributed by atoms with Crippen LogP contribution in [0.4, 0.5) is 10.5 Å². The van der Waals surface area contributed by atoms with Crippen LogP contribution in [0.1, 0.15) is 58.6 Å². The van der Waals surface area contributed by atoms with Crippen LogP contribution in [0, 0.1) is 6.92 Å². The van der Waals surface area contributed by atoms with E-state index in [1.165, 1.54) is 0 Å². The Hall–Kier alpha value is -2.28. The van der Waals surface area contributed by atoms with E-state index in [1.54, 1.807) is 14.2 Å². The number of nitrogens with zero attached hydrogens (tertiary/aromatic N) is 2. The molecule has 1 aromatic rings. The molecule has 1 fully saturated rings. The molecule has 1 aromatic carbocycles. The third-order valence-corrected chi connectivity index (χ3v) is 4.94. The van der Waals surface area contributed by atoms with Crippen LogP contribution in [0.25, 0.3) is 0 Å². The molecule has 7 nitrogen and oxygen atoms in total. The van der Waals surface area contributed by atoms with Crippen molar-refractivity contribution in [2.24, 2.45) is 4.99 Å². The number of anilines is 1. The summed E-state index contributed by atoms with van der Waals surface area (Å²) in [6.07, 6.45) is 1.76. The van der Waals surface area contributed by atoms with Gasteiger partial charge in [-0.05, 0) is 71.6 Å². The number of aryl methyl sites for hydroxylation is 1. The fourth-order valence-electron chi connectivity index (χ4n) is 2.96. The number of carbonyl (C=O) groups is 1. The van der Waals surface area contributed by atoms with Crippen molar-refractivity contribution >= 4 is 17.7 Å². The predicted molar refractivity (Wildman–Crippen MR) is 122 cm³/mol. The highest BCUT2D eigenvalue weighted by molar-refractivity contribution is 5.90. The zero-order valence-corrected chi connectivity index (χ0v) is 19.8. The number of guanidine groups is 1. The van der Waals surface area contributed by atoms with Gasteiger partial charge in [0.25, 0.3) is 0 Å². The maximum atomic E-state index is 12.8. The monoisotopic (exact) mass is 418 g/mol. The van der Waals surface area contributed by atoms with E-state index in [1.807, 2.05) is 58.6 Å². The fraction of sp³-hybridized carbons (Fsp3) is 0.652. The summed E-state index contributed by atoms with van der Waals surface area (Å²) in [5.41, 5.74) is 2.30. The number of rotatable bonds is 7. The standard InChI is InChI=1S/C23H38N4O3/c1-16-13-17(14-25-20(24-7)26-15-23(5,6)29-8)9-12-19(16)27(18-10-11-18)21(28)30-22(2,3)4/h9,12-13,18H,10-11,14-15H2,1-8H3,(H2,24,25,26). The molecule has 0 aliphatic heterocycles. The summed E-state index contributed by atoms with van der Waals surface area (Å²) in [5, 5.41) is 6.60. The molecule has 1 aliphatic carbocycles. The molecule has 0 spiro atoms. The largest absolute Gasteiger partial charge is 0.443 e. The smallest absolute Gasteiger partial charge is 0.415 e. The molecular weight excluding hydrogens is 380 g/mol. The van der Waals surface area contributed by atoms with Crippen molar-refractivity contribution < 1.29 is 14.3 Å². The second-order valence-corrected chi connectivity index (χ2v) is 9.45. The molecule has 0 atom stereocenters. The van der Waals surface area contributed by atoms with Crippen molar-refractivity contribution in [2.75, 3.05) is 25.6 Å². The van der Waals surface area contributed by atoms with E-state index < -0.39 is 5.60 Å². The number of amides is 1. The van der Waals surface area contributed by atoms with Crippen molar-refractivity contribution in [3.63, 3.8) is 0 Å². The molecule has 2 N–H and O–H groups in total. The van der Waals surface area contributed by atoms with E-state index in [0.29, 0.717) is 13.1 Å². The zero-order valence-electron chi connectivity index (χ0n) is 19.8. The summed E-state index contributed by atoms with van der Waals surface area (Å²) < 4.78 is 11.1. The highest BCUT2D eigenvalue weighted by atomic mass is 16.6. The Balaban J connectivity index is 2.04. The van der Waals surface area contributed by atoms with Gasteiger partial charge < -0.3 is 20.1 Å². The van der Waals surface area contributed by atoms with Crippen molar-refractivity contribution in [1.82, 2.24) is 10.6 Å². The Kier molecular flexibility index (Phi) is 7.75. The number of carbonyl (C=O) groups excluding carboxylic acids is 1. The molecule has 30 heavy (non-hydrogen) atoms. The minimum Gasteiger partial charge on any atom is -0.443 e. The van der Waals surface area contributed by atoms with Crippen LogP contribution in [-0.2, 0) is 16.0 Å². The van der Waals surface area contributed by atoms with Gasteiger partial charge in [-0.2, -0.15) is 0 Å². The summed E-state index contributed by atoms with van der Waals surface area (Å²) in [6.45, 7) is 13.0. The molecule has 1 saturated carbocycles. The predicted octanol–water partition coefficient (Wildman–Crippen LogP) is 3.99. The molecule has 0 heterocycles. The molecule has 0 saturated heterocycles.